The number of carbonyl (C=O) groups excluding carboxylic acids is 1. The van der Waals surface area contributed by atoms with Crippen LogP contribution < -0.4 is 4.90 Å². The second-order valence-corrected chi connectivity index (χ2v) is 4.79. The van der Waals surface area contributed by atoms with Crippen molar-refractivity contribution in [2.75, 3.05) is 18.0 Å². The molecule has 0 aliphatic carbocycles. The fourth-order valence-electron chi connectivity index (χ4n) is 1.57. The van der Waals surface area contributed by atoms with Gasteiger partial charge in [-0.2, -0.15) is 0 Å². The lowest BCUT2D eigenvalue weighted by molar-refractivity contribution is 0.108. The molecule has 2 rings (SSSR count). The highest BCUT2D eigenvalue weighted by Gasteiger charge is 2.30. The van der Waals surface area contributed by atoms with Crippen LogP contribution in [0.1, 0.15) is 16.6 Å². The lowest BCUT2D eigenvalue weighted by Gasteiger charge is -2.41. The lowest BCUT2D eigenvalue weighted by Crippen LogP contribution is -2.50. The van der Waals surface area contributed by atoms with Crippen LogP contribution in [0.2, 0.25) is 0 Å². The van der Waals surface area contributed by atoms with Crippen LogP contribution in [0.5, 0.6) is 0 Å². The summed E-state index contributed by atoms with van der Waals surface area (Å²) in [5, 5.41) is 10.4. The van der Waals surface area contributed by atoms with Crippen LogP contribution in [-0.4, -0.2) is 30.6 Å². The molecule has 0 radical (unpaired) electrons. The van der Waals surface area contributed by atoms with E-state index in [0.717, 1.165) is 29.3 Å². The number of aliphatic hydroxyl groups excluding tert-OH is 1. The molecule has 1 atom stereocenters. The van der Waals surface area contributed by atoms with Gasteiger partial charge in [-0.3, -0.25) is 4.79 Å². The largest absolute Gasteiger partial charge is 0.393 e. The van der Waals surface area contributed by atoms with Gasteiger partial charge in [0.2, 0.25) is 0 Å². The van der Waals surface area contributed by atoms with Crippen LogP contribution in [0.15, 0.2) is 12.1 Å². The van der Waals surface area contributed by atoms with Crippen molar-refractivity contribution >= 4 is 22.6 Å². The Bertz CT molecular complexity index is 329. The van der Waals surface area contributed by atoms with Crippen LogP contribution in [0.3, 0.4) is 0 Å². The molecule has 2 heterocycles. The first-order valence-corrected chi connectivity index (χ1v) is 5.50. The number of nitrogens with zero attached hydrogens (tertiary/aromatic N) is 1. The summed E-state index contributed by atoms with van der Waals surface area (Å²) in [4.78, 5) is 13.4. The Morgan fingerprint density at radius 1 is 1.64 bits per heavy atom. The van der Waals surface area contributed by atoms with Crippen LogP contribution in [0.25, 0.3) is 0 Å². The molecule has 1 saturated heterocycles. The van der Waals surface area contributed by atoms with Gasteiger partial charge in [0.1, 0.15) is 0 Å². The topological polar surface area (TPSA) is 40.5 Å². The molecule has 0 aromatic carbocycles. The summed E-state index contributed by atoms with van der Waals surface area (Å²) in [6.45, 7) is 3.63. The van der Waals surface area contributed by atoms with Gasteiger partial charge in [-0.1, -0.05) is 0 Å². The van der Waals surface area contributed by atoms with E-state index in [2.05, 4.69) is 4.90 Å². The molecule has 4 heteroatoms. The third-order valence-electron chi connectivity index (χ3n) is 2.63. The third-order valence-corrected chi connectivity index (χ3v) is 3.70. The third kappa shape index (κ3) is 1.67. The number of rotatable bonds is 3. The van der Waals surface area contributed by atoms with E-state index in [-0.39, 0.29) is 6.10 Å². The fraction of sp³-hybridized carbons (Fsp3) is 0.500. The van der Waals surface area contributed by atoms with Gasteiger partial charge in [-0.25, -0.2) is 0 Å². The number of thiophene rings is 1. The second-order valence-electron chi connectivity index (χ2n) is 3.70. The summed E-state index contributed by atoms with van der Waals surface area (Å²) in [5.74, 6) is 0.386. The average Bonchev–Trinajstić information content (AvgIpc) is 2.49. The van der Waals surface area contributed by atoms with Crippen molar-refractivity contribution in [3.63, 3.8) is 0 Å². The number of aldehydes is 1. The average molecular weight is 211 g/mol. The summed E-state index contributed by atoms with van der Waals surface area (Å²) in [5.41, 5.74) is 0. The molecule has 1 aromatic heterocycles. The zero-order valence-electron chi connectivity index (χ0n) is 8.01. The quantitative estimate of drug-likeness (QED) is 0.768. The summed E-state index contributed by atoms with van der Waals surface area (Å²) in [6.07, 6.45) is 0.650. The minimum Gasteiger partial charge on any atom is -0.393 e. The van der Waals surface area contributed by atoms with E-state index in [4.69, 9.17) is 0 Å². The highest BCUT2D eigenvalue weighted by atomic mass is 32.1. The van der Waals surface area contributed by atoms with Gasteiger partial charge in [0.15, 0.2) is 6.29 Å². The minimum atomic E-state index is -0.225. The minimum absolute atomic E-state index is 0.225. The second kappa shape index (κ2) is 3.71. The van der Waals surface area contributed by atoms with E-state index in [1.54, 1.807) is 0 Å². The summed E-state index contributed by atoms with van der Waals surface area (Å²) in [7, 11) is 0. The van der Waals surface area contributed by atoms with E-state index < -0.39 is 0 Å². The summed E-state index contributed by atoms with van der Waals surface area (Å²) in [6, 6.07) is 3.80. The number of anilines is 1. The maximum absolute atomic E-state index is 10.5. The molecule has 1 fully saturated rings. The fourth-order valence-corrected chi connectivity index (χ4v) is 2.41. The molecule has 1 aliphatic rings. The molecule has 3 nitrogen and oxygen atoms in total. The molecule has 0 bridgehead atoms. The number of aliphatic hydroxyl groups is 1. The highest BCUT2D eigenvalue weighted by Crippen LogP contribution is 2.31. The first-order chi connectivity index (χ1) is 6.70. The first-order valence-electron chi connectivity index (χ1n) is 4.68. The van der Waals surface area contributed by atoms with Crippen LogP contribution in [-0.2, 0) is 0 Å². The van der Waals surface area contributed by atoms with Gasteiger partial charge in [-0.15, -0.1) is 11.3 Å². The molecule has 0 saturated carbocycles. The van der Waals surface area contributed by atoms with Crippen molar-refractivity contribution in [3.8, 4) is 0 Å². The van der Waals surface area contributed by atoms with Crippen molar-refractivity contribution in [1.82, 2.24) is 0 Å². The normalized spacial score (nSPS) is 19.1. The van der Waals surface area contributed by atoms with Gasteiger partial charge in [0, 0.05) is 19.0 Å². The highest BCUT2D eigenvalue weighted by molar-refractivity contribution is 7.17. The summed E-state index contributed by atoms with van der Waals surface area (Å²) >= 11 is 1.51. The zero-order chi connectivity index (χ0) is 10.1. The standard InChI is InChI=1S/C10H13NO2S/c1-7(13)8-4-11(5-8)10-3-2-9(6-12)14-10/h2-3,6-8,13H,4-5H2,1H3. The van der Waals surface area contributed by atoms with Crippen molar-refractivity contribution in [2.24, 2.45) is 5.92 Å². The van der Waals surface area contributed by atoms with Crippen LogP contribution in [0.4, 0.5) is 5.00 Å². The van der Waals surface area contributed by atoms with E-state index in [1.165, 1.54) is 11.3 Å². The first kappa shape index (κ1) is 9.68. The molecule has 1 unspecified atom stereocenters. The summed E-state index contributed by atoms with van der Waals surface area (Å²) < 4.78 is 0. The van der Waals surface area contributed by atoms with Gasteiger partial charge < -0.3 is 10.0 Å². The van der Waals surface area contributed by atoms with Crippen molar-refractivity contribution in [1.29, 1.82) is 0 Å². The Morgan fingerprint density at radius 2 is 2.36 bits per heavy atom. The Balaban J connectivity index is 1.96. The monoisotopic (exact) mass is 211 g/mol. The predicted molar refractivity (Wildman–Crippen MR) is 57.1 cm³/mol. The Hall–Kier alpha value is -0.870. The Kier molecular flexibility index (Phi) is 2.56. The number of hydrogen-bond donors (Lipinski definition) is 1. The molecule has 14 heavy (non-hydrogen) atoms. The zero-order valence-corrected chi connectivity index (χ0v) is 8.83. The van der Waals surface area contributed by atoms with Gasteiger partial charge in [0.25, 0.3) is 0 Å². The van der Waals surface area contributed by atoms with Crippen LogP contribution >= 0.6 is 11.3 Å². The molecule has 76 valence electrons. The molecular formula is C10H13NO2S. The van der Waals surface area contributed by atoms with E-state index in [0.29, 0.717) is 5.92 Å². The number of carbonyl (C=O) groups is 1. The smallest absolute Gasteiger partial charge is 0.160 e. The van der Waals surface area contributed by atoms with E-state index >= 15 is 0 Å². The molecule has 0 spiro atoms. The van der Waals surface area contributed by atoms with Crippen molar-refractivity contribution in [2.45, 2.75) is 13.0 Å². The molecule has 1 aliphatic heterocycles. The van der Waals surface area contributed by atoms with Gasteiger partial charge in [0.05, 0.1) is 16.0 Å². The molecular weight excluding hydrogens is 198 g/mol. The Labute approximate surface area is 87.0 Å². The van der Waals surface area contributed by atoms with Crippen molar-refractivity contribution in [3.05, 3.63) is 17.0 Å². The lowest BCUT2D eigenvalue weighted by atomic mass is 9.95. The molecule has 0 amide bonds. The number of hydrogen-bond acceptors (Lipinski definition) is 4. The van der Waals surface area contributed by atoms with E-state index in [1.807, 2.05) is 19.1 Å². The van der Waals surface area contributed by atoms with Crippen molar-refractivity contribution < 1.29 is 9.90 Å². The maximum atomic E-state index is 10.5. The molecule has 1 aromatic rings. The van der Waals surface area contributed by atoms with Crippen LogP contribution in [0, 0.1) is 5.92 Å². The Morgan fingerprint density at radius 3 is 2.86 bits per heavy atom. The van der Waals surface area contributed by atoms with Gasteiger partial charge >= 0.3 is 0 Å². The van der Waals surface area contributed by atoms with E-state index in [9.17, 15) is 9.90 Å². The SMILES string of the molecule is CC(O)C1CN(c2ccc(C=O)s2)C1. The maximum Gasteiger partial charge on any atom is 0.160 e. The predicted octanol–water partition coefficient (Wildman–Crippen LogP) is 1.38. The van der Waals surface area contributed by atoms with Gasteiger partial charge in [-0.05, 0) is 19.1 Å². The molecule has 1 N–H and O–H groups in total.